The third-order valence-electron chi connectivity index (χ3n) is 1.99. The highest BCUT2D eigenvalue weighted by molar-refractivity contribution is 9.10. The first-order valence-corrected chi connectivity index (χ1v) is 7.12. The molecule has 0 aliphatic rings. The zero-order chi connectivity index (χ0) is 15.0. The highest BCUT2D eigenvalue weighted by Gasteiger charge is 2.07. The van der Waals surface area contributed by atoms with Crippen LogP contribution in [0.2, 0.25) is 0 Å². The molecule has 0 bridgehead atoms. The molecule has 1 N–H and O–H groups in total. The van der Waals surface area contributed by atoms with Crippen LogP contribution in [0, 0.1) is 11.5 Å². The normalized spacial score (nSPS) is 10.8. The number of hydrogen-bond donors (Lipinski definition) is 1. The van der Waals surface area contributed by atoms with Crippen LogP contribution < -0.4 is 5.32 Å². The van der Waals surface area contributed by atoms with E-state index in [0.29, 0.717) is 5.69 Å². The van der Waals surface area contributed by atoms with Crippen molar-refractivity contribution in [3.8, 4) is 6.19 Å². The third-order valence-corrected chi connectivity index (χ3v) is 3.39. The van der Waals surface area contributed by atoms with Gasteiger partial charge in [0.2, 0.25) is 0 Å². The van der Waals surface area contributed by atoms with E-state index in [0.717, 1.165) is 16.2 Å². The molecule has 0 amide bonds. The molecule has 0 fully saturated rings. The van der Waals surface area contributed by atoms with Crippen molar-refractivity contribution >= 4 is 38.5 Å². The van der Waals surface area contributed by atoms with E-state index in [1.54, 1.807) is 30.5 Å². The van der Waals surface area contributed by atoms with Crippen LogP contribution in [0.5, 0.6) is 0 Å². The number of amidine groups is 1. The molecule has 106 valence electrons. The Morgan fingerprint density at radius 1 is 1.30 bits per heavy atom. The molecule has 1 aromatic rings. The number of nitrogens with zero attached hydrogens (tertiary/aromatic N) is 2. The summed E-state index contributed by atoms with van der Waals surface area (Å²) in [4.78, 5) is 4.13. The van der Waals surface area contributed by atoms with Gasteiger partial charge in [-0.3, -0.25) is 5.32 Å². The van der Waals surface area contributed by atoms with Gasteiger partial charge < -0.3 is 0 Å². The summed E-state index contributed by atoms with van der Waals surface area (Å²) in [5.41, 5.74) is 0.589. The largest absolute Gasteiger partial charge is 0.301 e. The first kappa shape index (κ1) is 16.6. The van der Waals surface area contributed by atoms with Gasteiger partial charge in [0.05, 0.1) is 5.69 Å². The average molecular weight is 364 g/mol. The van der Waals surface area contributed by atoms with Crippen LogP contribution in [0.3, 0.4) is 0 Å². The van der Waals surface area contributed by atoms with Crippen LogP contribution >= 0.6 is 27.7 Å². The lowest BCUT2D eigenvalue weighted by molar-refractivity contribution is 0.373. The Morgan fingerprint density at radius 2 is 1.95 bits per heavy atom. The topological polar surface area (TPSA) is 48.2 Å². The van der Waals surface area contributed by atoms with E-state index >= 15 is 0 Å². The fourth-order valence-electron chi connectivity index (χ4n) is 1.11. The monoisotopic (exact) mass is 363 g/mol. The molecule has 0 radical (unpaired) electrons. The number of benzene rings is 1. The number of allylic oxidation sites excluding steroid dienone is 1. The maximum Gasteiger partial charge on any atom is 0.301 e. The maximum absolute atomic E-state index is 12.6. The molecule has 0 aliphatic heterocycles. The van der Waals surface area contributed by atoms with Gasteiger partial charge in [-0.15, -0.1) is 0 Å². The van der Waals surface area contributed by atoms with Crippen molar-refractivity contribution in [3.63, 3.8) is 0 Å². The smallest absolute Gasteiger partial charge is 0.271 e. The molecule has 0 spiro atoms. The molecule has 0 atom stereocenters. The fraction of sp³-hybridized carbons (Fsp3) is 0.167. The van der Waals surface area contributed by atoms with Gasteiger partial charge in [-0.2, -0.15) is 14.0 Å². The van der Waals surface area contributed by atoms with Crippen LogP contribution in [-0.2, 0) is 0 Å². The summed E-state index contributed by atoms with van der Waals surface area (Å²) < 4.78 is 37.3. The summed E-state index contributed by atoms with van der Waals surface area (Å²) in [5, 5.41) is 11.1. The first-order valence-electron chi connectivity index (χ1n) is 5.34. The number of rotatable bonds is 4. The van der Waals surface area contributed by atoms with Gasteiger partial charge in [0.1, 0.15) is 0 Å². The molecular formula is C12H9BrF3N3S. The van der Waals surface area contributed by atoms with Crippen LogP contribution in [-0.4, -0.2) is 10.9 Å². The minimum Gasteiger partial charge on any atom is -0.271 e. The summed E-state index contributed by atoms with van der Waals surface area (Å²) in [6.45, 7) is 0. The van der Waals surface area contributed by atoms with Crippen LogP contribution in [0.15, 0.2) is 45.6 Å². The number of hydrogen-bond acceptors (Lipinski definition) is 3. The molecule has 3 nitrogen and oxygen atoms in total. The molecule has 1 aromatic carbocycles. The Morgan fingerprint density at radius 3 is 2.50 bits per heavy atom. The second-order valence-electron chi connectivity index (χ2n) is 3.39. The minimum atomic E-state index is -2.31. The van der Waals surface area contributed by atoms with Crippen LogP contribution in [0.25, 0.3) is 0 Å². The lowest BCUT2D eigenvalue weighted by Gasteiger charge is -2.03. The summed E-state index contributed by atoms with van der Waals surface area (Å²) in [6.07, 6.45) is -1.04. The molecule has 0 aromatic heterocycles. The maximum atomic E-state index is 12.6. The number of nitrogens with one attached hydrogen (secondary N) is 1. The molecule has 20 heavy (non-hydrogen) atoms. The summed E-state index contributed by atoms with van der Waals surface area (Å²) >= 11 is 4.26. The molecule has 0 heterocycles. The van der Waals surface area contributed by atoms with E-state index in [1.165, 1.54) is 0 Å². The second kappa shape index (κ2) is 8.66. The molecule has 8 heteroatoms. The summed E-state index contributed by atoms with van der Waals surface area (Å²) in [5.74, 6) is -1.40. The standard InChI is InChI=1S/C12H9BrF3N3S/c13-8-1-3-9(4-2-8)19-12(18-7-17)20-6-5-10(14)11(15)16/h1-4H,5-6H2,(H,18,19). The Kier molecular flexibility index (Phi) is 7.18. The van der Waals surface area contributed by atoms with Crippen molar-refractivity contribution in [1.82, 2.24) is 5.32 Å². The lowest BCUT2D eigenvalue weighted by atomic mass is 10.3. The molecular weight excluding hydrogens is 355 g/mol. The Hall–Kier alpha value is -1.46. The van der Waals surface area contributed by atoms with Crippen molar-refractivity contribution in [2.75, 3.05) is 5.75 Å². The zero-order valence-electron chi connectivity index (χ0n) is 10.0. The van der Waals surface area contributed by atoms with Crippen molar-refractivity contribution in [2.45, 2.75) is 6.42 Å². The molecule has 0 aliphatic carbocycles. The predicted octanol–water partition coefficient (Wildman–Crippen LogP) is 4.71. The van der Waals surface area contributed by atoms with E-state index in [4.69, 9.17) is 5.26 Å². The Balaban J connectivity index is 2.67. The molecule has 0 saturated carbocycles. The molecule has 0 unspecified atom stereocenters. The van der Waals surface area contributed by atoms with Gasteiger partial charge in [-0.1, -0.05) is 27.7 Å². The molecule has 1 rings (SSSR count). The third kappa shape index (κ3) is 6.12. The van der Waals surface area contributed by atoms with E-state index < -0.39 is 18.3 Å². The summed E-state index contributed by atoms with van der Waals surface area (Å²) in [6, 6.07) is 6.97. The van der Waals surface area contributed by atoms with Crippen LogP contribution in [0.1, 0.15) is 6.42 Å². The lowest BCUT2D eigenvalue weighted by Crippen LogP contribution is -2.13. The van der Waals surface area contributed by atoms with E-state index in [1.807, 2.05) is 0 Å². The fourth-order valence-corrected chi connectivity index (χ4v) is 2.14. The van der Waals surface area contributed by atoms with Crippen molar-refractivity contribution in [3.05, 3.63) is 40.6 Å². The Bertz CT molecular complexity index is 548. The second-order valence-corrected chi connectivity index (χ2v) is 5.39. The van der Waals surface area contributed by atoms with E-state index in [9.17, 15) is 13.2 Å². The van der Waals surface area contributed by atoms with Crippen molar-refractivity contribution in [2.24, 2.45) is 4.99 Å². The highest BCUT2D eigenvalue weighted by Crippen LogP contribution is 2.20. The Labute approximate surface area is 126 Å². The predicted molar refractivity (Wildman–Crippen MR) is 77.4 cm³/mol. The number of aliphatic imine (C=N–C) groups is 1. The number of halogens is 4. The van der Waals surface area contributed by atoms with Crippen LogP contribution in [0.4, 0.5) is 18.9 Å². The average Bonchev–Trinajstić information content (AvgIpc) is 2.41. The van der Waals surface area contributed by atoms with Gasteiger partial charge in [0.15, 0.2) is 17.2 Å². The zero-order valence-corrected chi connectivity index (χ0v) is 12.4. The quantitative estimate of drug-likeness (QED) is 0.364. The van der Waals surface area contributed by atoms with Gasteiger partial charge in [0.25, 0.3) is 0 Å². The highest BCUT2D eigenvalue weighted by atomic mass is 79.9. The first-order chi connectivity index (χ1) is 9.52. The number of nitriles is 1. The molecule has 0 saturated heterocycles. The van der Waals surface area contributed by atoms with E-state index in [-0.39, 0.29) is 10.9 Å². The van der Waals surface area contributed by atoms with Gasteiger partial charge in [-0.05, 0) is 24.3 Å². The number of thioether (sulfide) groups is 1. The van der Waals surface area contributed by atoms with Gasteiger partial charge >= 0.3 is 6.08 Å². The van der Waals surface area contributed by atoms with Crippen molar-refractivity contribution < 1.29 is 13.2 Å². The van der Waals surface area contributed by atoms with Crippen molar-refractivity contribution in [1.29, 1.82) is 5.26 Å². The van der Waals surface area contributed by atoms with Gasteiger partial charge in [-0.25, -0.2) is 9.38 Å². The van der Waals surface area contributed by atoms with Gasteiger partial charge in [0, 0.05) is 16.6 Å². The summed E-state index contributed by atoms with van der Waals surface area (Å²) in [7, 11) is 0. The SMILES string of the molecule is N#CNC(=Nc1ccc(Br)cc1)SCCC(F)=C(F)F. The van der Waals surface area contributed by atoms with E-state index in [2.05, 4.69) is 26.2 Å². The minimum absolute atomic E-state index is 0.0488.